The minimum absolute atomic E-state index is 0.0707. The number of amides is 1. The van der Waals surface area contributed by atoms with Gasteiger partial charge < -0.3 is 4.90 Å². The fourth-order valence-electron chi connectivity index (χ4n) is 3.21. The zero-order valence-corrected chi connectivity index (χ0v) is 19.6. The lowest BCUT2D eigenvalue weighted by atomic mass is 10.1. The summed E-state index contributed by atoms with van der Waals surface area (Å²) < 4.78 is 25.4. The summed E-state index contributed by atoms with van der Waals surface area (Å²) in [5.74, 6) is -0.355. The van der Waals surface area contributed by atoms with Crippen LogP contribution in [-0.2, 0) is 22.1 Å². The fraction of sp³-hybridized carbons (Fsp3) is 0.208. The van der Waals surface area contributed by atoms with E-state index in [0.29, 0.717) is 27.7 Å². The number of carbonyl (C=O) groups is 1. The Balaban J connectivity index is 1.84. The van der Waals surface area contributed by atoms with Gasteiger partial charge in [-0.25, -0.2) is 8.42 Å². The van der Waals surface area contributed by atoms with Gasteiger partial charge in [-0.2, -0.15) is 0 Å². The first kappa shape index (κ1) is 23.3. The van der Waals surface area contributed by atoms with E-state index in [2.05, 4.69) is 0 Å². The van der Waals surface area contributed by atoms with Crippen LogP contribution >= 0.6 is 23.2 Å². The Morgan fingerprint density at radius 3 is 2.23 bits per heavy atom. The van der Waals surface area contributed by atoms with E-state index in [4.69, 9.17) is 23.2 Å². The summed E-state index contributed by atoms with van der Waals surface area (Å²) in [7, 11) is -3.50. The molecule has 3 rings (SSSR count). The number of hydrogen-bond donors (Lipinski definition) is 0. The number of carbonyl (C=O) groups excluding carboxylic acids is 1. The van der Waals surface area contributed by atoms with Crippen molar-refractivity contribution in [3.05, 3.63) is 99.5 Å². The maximum absolute atomic E-state index is 13.2. The van der Waals surface area contributed by atoms with Crippen LogP contribution in [-0.4, -0.2) is 25.3 Å². The van der Waals surface area contributed by atoms with Crippen molar-refractivity contribution in [2.75, 3.05) is 0 Å². The Bertz CT molecular complexity index is 1180. The summed E-state index contributed by atoms with van der Waals surface area (Å²) >= 11 is 12.1. The molecule has 1 amide bonds. The van der Waals surface area contributed by atoms with Gasteiger partial charge in [0.25, 0.3) is 5.91 Å². The van der Waals surface area contributed by atoms with Crippen molar-refractivity contribution in [2.45, 2.75) is 37.1 Å². The van der Waals surface area contributed by atoms with Crippen molar-refractivity contribution in [3.8, 4) is 0 Å². The second kappa shape index (κ2) is 9.86. The van der Waals surface area contributed by atoms with Gasteiger partial charge in [0, 0.05) is 18.2 Å². The maximum Gasteiger partial charge on any atom is 0.254 e. The van der Waals surface area contributed by atoms with E-state index >= 15 is 0 Å². The van der Waals surface area contributed by atoms with E-state index in [-0.39, 0.29) is 22.6 Å². The number of benzene rings is 3. The van der Waals surface area contributed by atoms with Crippen molar-refractivity contribution in [2.24, 2.45) is 0 Å². The molecule has 31 heavy (non-hydrogen) atoms. The fourth-order valence-corrected chi connectivity index (χ4v) is 4.89. The molecule has 0 saturated heterocycles. The maximum atomic E-state index is 13.2. The van der Waals surface area contributed by atoms with E-state index in [9.17, 15) is 13.2 Å². The van der Waals surface area contributed by atoms with Crippen LogP contribution in [0.1, 0.15) is 35.3 Å². The lowest BCUT2D eigenvalue weighted by molar-refractivity contribution is 0.0690. The van der Waals surface area contributed by atoms with Gasteiger partial charge in [-0.1, -0.05) is 59.6 Å². The summed E-state index contributed by atoms with van der Waals surface area (Å²) in [6.07, 6.45) is 0. The first-order valence-corrected chi connectivity index (χ1v) is 12.2. The molecule has 4 nitrogen and oxygen atoms in total. The van der Waals surface area contributed by atoms with Gasteiger partial charge >= 0.3 is 0 Å². The standard InChI is InChI=1S/C24H23Cl2NO3S/c1-17(2)27(15-18-11-12-22(25)23(26)14-18)24(28)20-8-6-7-19(13-20)16-31(29,30)21-9-4-3-5-10-21/h3-14,17H,15-16H2,1-2H3. The van der Waals surface area contributed by atoms with Gasteiger partial charge in [-0.3, -0.25) is 4.79 Å². The largest absolute Gasteiger partial charge is 0.332 e. The average molecular weight is 476 g/mol. The van der Waals surface area contributed by atoms with Gasteiger partial charge in [0.2, 0.25) is 0 Å². The van der Waals surface area contributed by atoms with E-state index in [0.717, 1.165) is 5.56 Å². The molecule has 7 heteroatoms. The van der Waals surface area contributed by atoms with Gasteiger partial charge in [0.05, 0.1) is 20.7 Å². The number of nitrogens with zero attached hydrogens (tertiary/aromatic N) is 1. The Hall–Kier alpha value is -2.34. The summed E-state index contributed by atoms with van der Waals surface area (Å²) in [4.78, 5) is 15.2. The zero-order chi connectivity index (χ0) is 22.6. The quantitative estimate of drug-likeness (QED) is 0.419. The van der Waals surface area contributed by atoms with Crippen molar-refractivity contribution < 1.29 is 13.2 Å². The van der Waals surface area contributed by atoms with Gasteiger partial charge in [0.15, 0.2) is 9.84 Å². The molecule has 3 aromatic carbocycles. The molecule has 0 fully saturated rings. The molecule has 0 aliphatic heterocycles. The predicted octanol–water partition coefficient (Wildman–Crippen LogP) is 6.02. The summed E-state index contributed by atoms with van der Waals surface area (Å²) in [5.41, 5.74) is 1.86. The molecule has 0 saturated carbocycles. The number of hydrogen-bond acceptors (Lipinski definition) is 3. The third-order valence-corrected chi connectivity index (χ3v) is 7.30. The topological polar surface area (TPSA) is 54.5 Å². The van der Waals surface area contributed by atoms with Crippen LogP contribution in [0.2, 0.25) is 10.0 Å². The Kier molecular flexibility index (Phi) is 7.42. The third kappa shape index (κ3) is 5.88. The molecule has 0 bridgehead atoms. The number of sulfone groups is 1. The van der Waals surface area contributed by atoms with Crippen LogP contribution in [0.4, 0.5) is 0 Å². The molecular weight excluding hydrogens is 453 g/mol. The lowest BCUT2D eigenvalue weighted by Gasteiger charge is -2.27. The van der Waals surface area contributed by atoms with Crippen molar-refractivity contribution in [1.29, 1.82) is 0 Å². The minimum atomic E-state index is -3.50. The van der Waals surface area contributed by atoms with Gasteiger partial charge in [-0.05, 0) is 61.4 Å². The second-order valence-corrected chi connectivity index (χ2v) is 10.4. The Morgan fingerprint density at radius 1 is 0.871 bits per heavy atom. The zero-order valence-electron chi connectivity index (χ0n) is 17.3. The smallest absolute Gasteiger partial charge is 0.254 e. The van der Waals surface area contributed by atoms with Crippen molar-refractivity contribution in [1.82, 2.24) is 4.90 Å². The van der Waals surface area contributed by atoms with Gasteiger partial charge in [-0.15, -0.1) is 0 Å². The molecule has 162 valence electrons. The molecule has 0 N–H and O–H groups in total. The first-order valence-electron chi connectivity index (χ1n) is 9.79. The van der Waals surface area contributed by atoms with E-state index < -0.39 is 9.84 Å². The average Bonchev–Trinajstić information content (AvgIpc) is 2.74. The van der Waals surface area contributed by atoms with E-state index in [1.165, 1.54) is 0 Å². The SMILES string of the molecule is CC(C)N(Cc1ccc(Cl)c(Cl)c1)C(=O)c1cccc(CS(=O)(=O)c2ccccc2)c1. The van der Waals surface area contributed by atoms with E-state index in [1.54, 1.807) is 71.6 Å². The molecule has 0 aromatic heterocycles. The molecule has 0 radical (unpaired) electrons. The molecular formula is C24H23Cl2NO3S. The van der Waals surface area contributed by atoms with Gasteiger partial charge in [0.1, 0.15) is 0 Å². The minimum Gasteiger partial charge on any atom is -0.332 e. The highest BCUT2D eigenvalue weighted by molar-refractivity contribution is 7.90. The molecule has 0 unspecified atom stereocenters. The third-order valence-electron chi connectivity index (χ3n) is 4.85. The molecule has 0 aliphatic rings. The van der Waals surface area contributed by atoms with Crippen molar-refractivity contribution in [3.63, 3.8) is 0 Å². The number of halogens is 2. The first-order chi connectivity index (χ1) is 14.7. The summed E-state index contributed by atoms with van der Waals surface area (Å²) in [5, 5.41) is 0.892. The Labute approximate surface area is 193 Å². The molecule has 0 heterocycles. The highest BCUT2D eigenvalue weighted by Gasteiger charge is 2.21. The Morgan fingerprint density at radius 2 is 1.58 bits per heavy atom. The van der Waals surface area contributed by atoms with Crippen LogP contribution in [0.5, 0.6) is 0 Å². The summed E-state index contributed by atoms with van der Waals surface area (Å²) in [6.45, 7) is 4.22. The van der Waals surface area contributed by atoms with Crippen molar-refractivity contribution >= 4 is 38.9 Å². The van der Waals surface area contributed by atoms with Crippen LogP contribution < -0.4 is 0 Å². The monoisotopic (exact) mass is 475 g/mol. The highest BCUT2D eigenvalue weighted by Crippen LogP contribution is 2.24. The highest BCUT2D eigenvalue weighted by atomic mass is 35.5. The number of rotatable bonds is 7. The molecule has 0 atom stereocenters. The van der Waals surface area contributed by atoms with E-state index in [1.807, 2.05) is 19.9 Å². The lowest BCUT2D eigenvalue weighted by Crippen LogP contribution is -2.36. The van der Waals surface area contributed by atoms with Crippen LogP contribution in [0.3, 0.4) is 0 Å². The molecule has 3 aromatic rings. The molecule has 0 aliphatic carbocycles. The predicted molar refractivity (Wildman–Crippen MR) is 125 cm³/mol. The second-order valence-electron chi connectivity index (χ2n) is 7.55. The molecule has 0 spiro atoms. The van der Waals surface area contributed by atoms with Crippen LogP contribution in [0.15, 0.2) is 77.7 Å². The normalized spacial score (nSPS) is 11.5. The van der Waals surface area contributed by atoms with Crippen LogP contribution in [0.25, 0.3) is 0 Å². The summed E-state index contributed by atoms with van der Waals surface area (Å²) in [6, 6.07) is 20.3. The van der Waals surface area contributed by atoms with Crippen LogP contribution in [0, 0.1) is 0 Å².